The second kappa shape index (κ2) is 4.77. The van der Waals surface area contributed by atoms with Crippen LogP contribution in [0.5, 0.6) is 0 Å². The summed E-state index contributed by atoms with van der Waals surface area (Å²) in [6.45, 7) is 8.59. The molecule has 3 heteroatoms. The smallest absolute Gasteiger partial charge is 0.0697 e. The molecule has 14 heavy (non-hydrogen) atoms. The molecule has 2 unspecified atom stereocenters. The molecule has 1 aliphatic heterocycles. The average molecular weight is 196 g/mol. The predicted octanol–water partition coefficient (Wildman–Crippen LogP) is 1.55. The molecular formula is C11H20N2O. The van der Waals surface area contributed by atoms with E-state index in [1.165, 1.54) is 0 Å². The standard InChI is InChI=1S/C11H20N2O/c1-9(10-4-5-14-6-10)13-8-11(2,3)7-12/h9-10,13H,4-6,8H2,1-3H3. The summed E-state index contributed by atoms with van der Waals surface area (Å²) in [4.78, 5) is 0. The normalized spacial score (nSPS) is 24.6. The molecule has 0 amide bonds. The molecule has 1 heterocycles. The van der Waals surface area contributed by atoms with Crippen LogP contribution >= 0.6 is 0 Å². The Balaban J connectivity index is 2.27. The summed E-state index contributed by atoms with van der Waals surface area (Å²) in [5.74, 6) is 0.615. The van der Waals surface area contributed by atoms with Crippen LogP contribution in [0.4, 0.5) is 0 Å². The molecule has 0 spiro atoms. The van der Waals surface area contributed by atoms with Gasteiger partial charge in [0.15, 0.2) is 0 Å². The van der Waals surface area contributed by atoms with Crippen molar-refractivity contribution in [2.75, 3.05) is 19.8 Å². The van der Waals surface area contributed by atoms with Crippen LogP contribution < -0.4 is 5.32 Å². The van der Waals surface area contributed by atoms with Crippen molar-refractivity contribution in [3.63, 3.8) is 0 Å². The number of nitrogens with one attached hydrogen (secondary N) is 1. The highest BCUT2D eigenvalue weighted by Crippen LogP contribution is 2.18. The summed E-state index contributed by atoms with van der Waals surface area (Å²) < 4.78 is 5.33. The molecule has 1 saturated heterocycles. The lowest BCUT2D eigenvalue weighted by Gasteiger charge is -2.23. The fourth-order valence-electron chi connectivity index (χ4n) is 1.57. The van der Waals surface area contributed by atoms with E-state index in [0.29, 0.717) is 12.0 Å². The summed E-state index contributed by atoms with van der Waals surface area (Å²) >= 11 is 0. The minimum Gasteiger partial charge on any atom is -0.381 e. The second-order valence-corrected chi connectivity index (χ2v) is 4.79. The maximum absolute atomic E-state index is 8.86. The van der Waals surface area contributed by atoms with Gasteiger partial charge in [0.25, 0.3) is 0 Å². The Morgan fingerprint density at radius 1 is 1.64 bits per heavy atom. The molecule has 0 saturated carbocycles. The van der Waals surface area contributed by atoms with E-state index in [1.54, 1.807) is 0 Å². The number of hydrogen-bond donors (Lipinski definition) is 1. The van der Waals surface area contributed by atoms with Gasteiger partial charge in [0.2, 0.25) is 0 Å². The van der Waals surface area contributed by atoms with Gasteiger partial charge < -0.3 is 10.1 Å². The fraction of sp³-hybridized carbons (Fsp3) is 0.909. The molecule has 2 atom stereocenters. The monoisotopic (exact) mass is 196 g/mol. The van der Waals surface area contributed by atoms with Gasteiger partial charge in [0, 0.05) is 19.2 Å². The van der Waals surface area contributed by atoms with Gasteiger partial charge in [0.05, 0.1) is 18.1 Å². The third-order valence-electron chi connectivity index (χ3n) is 2.84. The Kier molecular flexibility index (Phi) is 3.91. The molecule has 0 aromatic carbocycles. The molecule has 80 valence electrons. The van der Waals surface area contributed by atoms with Crippen LogP contribution in [-0.2, 0) is 4.74 Å². The minimum atomic E-state index is -0.270. The van der Waals surface area contributed by atoms with Crippen molar-refractivity contribution in [3.05, 3.63) is 0 Å². The summed E-state index contributed by atoms with van der Waals surface area (Å²) in [5, 5.41) is 12.3. The van der Waals surface area contributed by atoms with Crippen molar-refractivity contribution >= 4 is 0 Å². The molecule has 0 radical (unpaired) electrons. The number of nitrogens with zero attached hydrogens (tertiary/aromatic N) is 1. The van der Waals surface area contributed by atoms with Gasteiger partial charge in [-0.15, -0.1) is 0 Å². The van der Waals surface area contributed by atoms with Crippen molar-refractivity contribution in [2.45, 2.75) is 33.2 Å². The maximum Gasteiger partial charge on any atom is 0.0697 e. The van der Waals surface area contributed by atoms with Crippen molar-refractivity contribution in [1.29, 1.82) is 5.26 Å². The molecule has 1 fully saturated rings. The van der Waals surface area contributed by atoms with Crippen molar-refractivity contribution in [1.82, 2.24) is 5.32 Å². The SMILES string of the molecule is CC(NCC(C)(C)C#N)C1CCOC1. The first-order valence-electron chi connectivity index (χ1n) is 5.27. The van der Waals surface area contributed by atoms with Crippen LogP contribution in [0.3, 0.4) is 0 Å². The molecular weight excluding hydrogens is 176 g/mol. The third-order valence-corrected chi connectivity index (χ3v) is 2.84. The van der Waals surface area contributed by atoms with Gasteiger partial charge >= 0.3 is 0 Å². The van der Waals surface area contributed by atoms with E-state index in [9.17, 15) is 0 Å². The van der Waals surface area contributed by atoms with E-state index >= 15 is 0 Å². The Morgan fingerprint density at radius 3 is 2.86 bits per heavy atom. The topological polar surface area (TPSA) is 45.0 Å². The van der Waals surface area contributed by atoms with E-state index in [0.717, 1.165) is 26.2 Å². The maximum atomic E-state index is 8.86. The number of ether oxygens (including phenoxy) is 1. The van der Waals surface area contributed by atoms with Crippen LogP contribution in [0.25, 0.3) is 0 Å². The Bertz CT molecular complexity index is 214. The summed E-state index contributed by atoms with van der Waals surface area (Å²) in [5.41, 5.74) is -0.270. The lowest BCUT2D eigenvalue weighted by atomic mass is 9.94. The van der Waals surface area contributed by atoms with Crippen molar-refractivity contribution in [3.8, 4) is 6.07 Å². The lowest BCUT2D eigenvalue weighted by Crippen LogP contribution is -2.39. The zero-order valence-corrected chi connectivity index (χ0v) is 9.34. The Hall–Kier alpha value is -0.590. The first-order chi connectivity index (χ1) is 6.55. The Morgan fingerprint density at radius 2 is 2.36 bits per heavy atom. The van der Waals surface area contributed by atoms with Gasteiger partial charge in [-0.2, -0.15) is 5.26 Å². The molecule has 0 aromatic heterocycles. The average Bonchev–Trinajstić information content (AvgIpc) is 2.67. The highest BCUT2D eigenvalue weighted by molar-refractivity contribution is 4.94. The quantitative estimate of drug-likeness (QED) is 0.742. The fourth-order valence-corrected chi connectivity index (χ4v) is 1.57. The number of rotatable bonds is 4. The lowest BCUT2D eigenvalue weighted by molar-refractivity contribution is 0.177. The van der Waals surface area contributed by atoms with Crippen LogP contribution in [0.15, 0.2) is 0 Å². The molecule has 1 rings (SSSR count). The van der Waals surface area contributed by atoms with Crippen molar-refractivity contribution in [2.24, 2.45) is 11.3 Å². The van der Waals surface area contributed by atoms with Gasteiger partial charge in [0.1, 0.15) is 0 Å². The first kappa shape index (κ1) is 11.5. The van der Waals surface area contributed by atoms with Gasteiger partial charge in [-0.05, 0) is 33.1 Å². The molecule has 1 N–H and O–H groups in total. The first-order valence-corrected chi connectivity index (χ1v) is 5.27. The zero-order valence-electron chi connectivity index (χ0n) is 9.34. The number of hydrogen-bond acceptors (Lipinski definition) is 3. The Labute approximate surface area is 86.4 Å². The predicted molar refractivity (Wildman–Crippen MR) is 55.8 cm³/mol. The molecule has 0 aromatic rings. The molecule has 0 aliphatic carbocycles. The molecule has 1 aliphatic rings. The van der Waals surface area contributed by atoms with E-state index in [1.807, 2.05) is 13.8 Å². The van der Waals surface area contributed by atoms with Gasteiger partial charge in [-0.1, -0.05) is 0 Å². The summed E-state index contributed by atoms with van der Waals surface area (Å²) in [6, 6.07) is 2.74. The van der Waals surface area contributed by atoms with Crippen LogP contribution in [-0.4, -0.2) is 25.8 Å². The van der Waals surface area contributed by atoms with Crippen molar-refractivity contribution < 1.29 is 4.74 Å². The van der Waals surface area contributed by atoms with E-state index in [4.69, 9.17) is 10.00 Å². The zero-order chi connectivity index (χ0) is 10.6. The minimum absolute atomic E-state index is 0.270. The number of nitriles is 1. The van der Waals surface area contributed by atoms with E-state index < -0.39 is 0 Å². The largest absolute Gasteiger partial charge is 0.381 e. The third kappa shape index (κ3) is 3.28. The van der Waals surface area contributed by atoms with Crippen LogP contribution in [0.1, 0.15) is 27.2 Å². The highest BCUT2D eigenvalue weighted by Gasteiger charge is 2.24. The van der Waals surface area contributed by atoms with E-state index in [-0.39, 0.29) is 5.41 Å². The molecule has 0 bridgehead atoms. The van der Waals surface area contributed by atoms with Crippen LogP contribution in [0, 0.1) is 22.7 Å². The molecule has 3 nitrogen and oxygen atoms in total. The second-order valence-electron chi connectivity index (χ2n) is 4.79. The van der Waals surface area contributed by atoms with E-state index in [2.05, 4.69) is 18.3 Å². The summed E-state index contributed by atoms with van der Waals surface area (Å²) in [6.07, 6.45) is 1.14. The van der Waals surface area contributed by atoms with Gasteiger partial charge in [-0.3, -0.25) is 0 Å². The van der Waals surface area contributed by atoms with Gasteiger partial charge in [-0.25, -0.2) is 0 Å². The highest BCUT2D eigenvalue weighted by atomic mass is 16.5. The summed E-state index contributed by atoms with van der Waals surface area (Å²) in [7, 11) is 0. The van der Waals surface area contributed by atoms with Crippen LogP contribution in [0.2, 0.25) is 0 Å².